The van der Waals surface area contributed by atoms with Crippen molar-refractivity contribution in [1.82, 2.24) is 20.4 Å². The van der Waals surface area contributed by atoms with E-state index >= 15 is 0 Å². The number of piperazine rings is 1. The van der Waals surface area contributed by atoms with Gasteiger partial charge in [0, 0.05) is 19.5 Å². The van der Waals surface area contributed by atoms with Crippen molar-refractivity contribution in [1.29, 1.82) is 0 Å². The first-order chi connectivity index (χ1) is 17.5. The number of hydrazine groups is 1. The number of allylic oxidation sites excluding steroid dienone is 1. The van der Waals surface area contributed by atoms with E-state index in [1.54, 1.807) is 0 Å². The molecule has 1 aromatic rings. The SMILES string of the molecule is CC1=C(Cc2ccc(F)c(C(=O)N3CCN(CC(F)(F)F)C(=O)C3)c2)N(OC(=O)C(F)(F)F)NC(=O)C1C. The van der Waals surface area contributed by atoms with Gasteiger partial charge in [0.1, 0.15) is 18.9 Å². The normalized spacial score (nSPS) is 19.1. The molecule has 0 aromatic heterocycles. The summed E-state index contributed by atoms with van der Waals surface area (Å²) in [6, 6.07) is 3.14. The zero-order chi connectivity index (χ0) is 28.6. The van der Waals surface area contributed by atoms with Crippen LogP contribution in [0.4, 0.5) is 30.7 Å². The Balaban J connectivity index is 1.83. The van der Waals surface area contributed by atoms with E-state index in [0.717, 1.165) is 17.0 Å². The quantitative estimate of drug-likeness (QED) is 0.562. The maximum atomic E-state index is 14.6. The largest absolute Gasteiger partial charge is 0.493 e. The third-order valence-corrected chi connectivity index (χ3v) is 5.97. The fraction of sp³-hybridized carbons (Fsp3) is 0.455. The highest BCUT2D eigenvalue weighted by Gasteiger charge is 2.44. The number of hydroxylamine groups is 1. The molecule has 1 unspecified atom stereocenters. The second-order valence-corrected chi connectivity index (χ2v) is 8.65. The van der Waals surface area contributed by atoms with Crippen LogP contribution in [0.25, 0.3) is 0 Å². The van der Waals surface area contributed by atoms with E-state index in [-0.39, 0.29) is 35.0 Å². The summed E-state index contributed by atoms with van der Waals surface area (Å²) in [5.74, 6) is -7.17. The topological polar surface area (TPSA) is 99.3 Å². The van der Waals surface area contributed by atoms with Gasteiger partial charge in [-0.1, -0.05) is 6.07 Å². The molecular weight excluding hydrogens is 533 g/mol. The summed E-state index contributed by atoms with van der Waals surface area (Å²) in [6.07, 6.45) is -10.3. The lowest BCUT2D eigenvalue weighted by Crippen LogP contribution is -2.54. The van der Waals surface area contributed by atoms with Crippen LogP contribution in [0, 0.1) is 11.7 Å². The number of carbonyl (C=O) groups is 4. The molecule has 9 nitrogen and oxygen atoms in total. The standard InChI is InChI=1S/C22H21F7N4O5/c1-11-12(2)18(35)30-33(38-20(37)22(27,28)29)16(11)8-13-3-4-15(23)14(7-13)19(36)31-5-6-32(17(34)9-31)10-21(24,25)26/h3-4,7,12H,5-6,8-10H2,1-2H3,(H,30,35). The van der Waals surface area contributed by atoms with Crippen molar-refractivity contribution in [3.05, 3.63) is 46.4 Å². The van der Waals surface area contributed by atoms with Gasteiger partial charge in [-0.05, 0) is 37.1 Å². The van der Waals surface area contributed by atoms with Crippen LogP contribution in [0.1, 0.15) is 29.8 Å². The first kappa shape index (κ1) is 28.7. The van der Waals surface area contributed by atoms with Gasteiger partial charge in [0.2, 0.25) is 11.8 Å². The van der Waals surface area contributed by atoms with Gasteiger partial charge in [0.05, 0.1) is 17.2 Å². The van der Waals surface area contributed by atoms with Crippen LogP contribution < -0.4 is 5.43 Å². The Hall–Kier alpha value is -3.85. The fourth-order valence-electron chi connectivity index (χ4n) is 3.77. The Bertz CT molecular complexity index is 1180. The molecule has 2 aliphatic heterocycles. The summed E-state index contributed by atoms with van der Waals surface area (Å²) in [6.45, 7) is -0.0601. The van der Waals surface area contributed by atoms with Crippen molar-refractivity contribution in [3.8, 4) is 0 Å². The van der Waals surface area contributed by atoms with Gasteiger partial charge >= 0.3 is 18.3 Å². The number of benzene rings is 1. The van der Waals surface area contributed by atoms with Crippen molar-refractivity contribution in [3.63, 3.8) is 0 Å². The van der Waals surface area contributed by atoms with Crippen LogP contribution in [-0.2, 0) is 25.6 Å². The Labute approximate surface area is 210 Å². The highest BCUT2D eigenvalue weighted by Crippen LogP contribution is 2.28. The zero-order valence-corrected chi connectivity index (χ0v) is 19.9. The van der Waals surface area contributed by atoms with E-state index in [1.807, 2.05) is 5.43 Å². The highest BCUT2D eigenvalue weighted by atomic mass is 19.4. The van der Waals surface area contributed by atoms with Crippen LogP contribution in [0.2, 0.25) is 0 Å². The molecule has 3 rings (SSSR count). The Kier molecular flexibility index (Phi) is 7.93. The predicted molar refractivity (Wildman–Crippen MR) is 113 cm³/mol. The average Bonchev–Trinajstić information content (AvgIpc) is 2.80. The molecule has 0 saturated carbocycles. The minimum atomic E-state index is -5.37. The molecule has 3 amide bonds. The van der Waals surface area contributed by atoms with E-state index in [9.17, 15) is 49.9 Å². The summed E-state index contributed by atoms with van der Waals surface area (Å²) < 4.78 is 90.6. The number of rotatable bonds is 5. The molecular formula is C22H21F7N4O5. The van der Waals surface area contributed by atoms with Gasteiger partial charge in [0.15, 0.2) is 0 Å². The number of hydrogen-bond donors (Lipinski definition) is 1. The number of nitrogens with one attached hydrogen (secondary N) is 1. The Morgan fingerprint density at radius 1 is 1.11 bits per heavy atom. The summed E-state index contributed by atoms with van der Waals surface area (Å²) in [5.41, 5.74) is 1.78. The van der Waals surface area contributed by atoms with Gasteiger partial charge in [-0.2, -0.15) is 26.3 Å². The third kappa shape index (κ3) is 6.52. The molecule has 0 aliphatic carbocycles. The van der Waals surface area contributed by atoms with E-state index < -0.39 is 73.0 Å². The molecule has 1 N–H and O–H groups in total. The summed E-state index contributed by atoms with van der Waals surface area (Å²) in [4.78, 5) is 54.1. The molecule has 0 spiro atoms. The van der Waals surface area contributed by atoms with E-state index in [0.29, 0.717) is 4.90 Å². The molecule has 2 heterocycles. The molecule has 1 aromatic carbocycles. The molecule has 1 fully saturated rings. The van der Waals surface area contributed by atoms with Crippen LogP contribution >= 0.6 is 0 Å². The predicted octanol–water partition coefficient (Wildman–Crippen LogP) is 2.49. The monoisotopic (exact) mass is 554 g/mol. The molecule has 208 valence electrons. The molecule has 2 aliphatic rings. The van der Waals surface area contributed by atoms with Gasteiger partial charge in [-0.25, -0.2) is 14.6 Å². The lowest BCUT2D eigenvalue weighted by Gasteiger charge is -2.35. The van der Waals surface area contributed by atoms with Crippen LogP contribution in [0.15, 0.2) is 29.5 Å². The van der Waals surface area contributed by atoms with E-state index in [4.69, 9.17) is 0 Å². The molecule has 0 bridgehead atoms. The number of halogens is 7. The fourth-order valence-corrected chi connectivity index (χ4v) is 3.77. The smallest absolute Gasteiger partial charge is 0.330 e. The van der Waals surface area contributed by atoms with Crippen molar-refractivity contribution < 1.29 is 54.7 Å². The second kappa shape index (κ2) is 10.5. The average molecular weight is 554 g/mol. The number of alkyl halides is 6. The number of nitrogens with zero attached hydrogens (tertiary/aromatic N) is 3. The lowest BCUT2D eigenvalue weighted by atomic mass is 9.94. The summed E-state index contributed by atoms with van der Waals surface area (Å²) in [7, 11) is 0. The van der Waals surface area contributed by atoms with Gasteiger partial charge < -0.3 is 14.6 Å². The lowest BCUT2D eigenvalue weighted by molar-refractivity contribution is -0.242. The number of hydrogen-bond acceptors (Lipinski definition) is 6. The third-order valence-electron chi connectivity index (χ3n) is 5.97. The van der Waals surface area contributed by atoms with Crippen molar-refractivity contribution in [2.45, 2.75) is 32.6 Å². The van der Waals surface area contributed by atoms with Crippen molar-refractivity contribution >= 4 is 23.7 Å². The Morgan fingerprint density at radius 3 is 2.34 bits per heavy atom. The highest BCUT2D eigenvalue weighted by molar-refractivity contribution is 5.97. The molecule has 1 saturated heterocycles. The molecule has 1 atom stereocenters. The minimum Gasteiger partial charge on any atom is -0.330 e. The van der Waals surface area contributed by atoms with Gasteiger partial charge in [-0.15, -0.1) is 5.17 Å². The molecule has 0 radical (unpaired) electrons. The van der Waals surface area contributed by atoms with Crippen molar-refractivity contribution in [2.24, 2.45) is 5.92 Å². The first-order valence-corrected chi connectivity index (χ1v) is 11.0. The Morgan fingerprint density at radius 2 is 1.76 bits per heavy atom. The number of amides is 3. The van der Waals surface area contributed by atoms with Crippen LogP contribution in [0.5, 0.6) is 0 Å². The maximum Gasteiger partial charge on any atom is 0.493 e. The minimum absolute atomic E-state index is 0.0874. The van der Waals surface area contributed by atoms with Gasteiger partial charge in [0.25, 0.3) is 5.91 Å². The second-order valence-electron chi connectivity index (χ2n) is 8.65. The first-order valence-electron chi connectivity index (χ1n) is 11.0. The van der Waals surface area contributed by atoms with Crippen molar-refractivity contribution in [2.75, 3.05) is 26.2 Å². The summed E-state index contributed by atoms with van der Waals surface area (Å²) >= 11 is 0. The van der Waals surface area contributed by atoms with Crippen LogP contribution in [-0.4, -0.2) is 77.2 Å². The number of carbonyl (C=O) groups excluding carboxylic acids is 4. The van der Waals surface area contributed by atoms with Gasteiger partial charge in [-0.3, -0.25) is 14.4 Å². The summed E-state index contributed by atoms with van der Waals surface area (Å²) in [5, 5.41) is 0.261. The van der Waals surface area contributed by atoms with Crippen LogP contribution in [0.3, 0.4) is 0 Å². The van der Waals surface area contributed by atoms with E-state index in [1.165, 1.54) is 19.9 Å². The maximum absolute atomic E-state index is 14.6. The molecule has 16 heteroatoms. The molecule has 38 heavy (non-hydrogen) atoms. The zero-order valence-electron chi connectivity index (χ0n) is 19.9. The van der Waals surface area contributed by atoms with E-state index in [2.05, 4.69) is 4.84 Å².